The third-order valence-corrected chi connectivity index (χ3v) is 5.83. The normalized spacial score (nSPS) is 16.0. The Morgan fingerprint density at radius 2 is 2.05 bits per heavy atom. The number of benzene rings is 1. The van der Waals surface area contributed by atoms with E-state index in [1.165, 1.54) is 17.4 Å². The number of nitrogens with zero attached hydrogens (tertiary/aromatic N) is 1. The fourth-order valence-electron chi connectivity index (χ4n) is 2.01. The van der Waals surface area contributed by atoms with E-state index < -0.39 is 15.8 Å². The molecular weight excluding hydrogens is 315 g/mol. The van der Waals surface area contributed by atoms with E-state index in [0.29, 0.717) is 12.1 Å². The van der Waals surface area contributed by atoms with Crippen LogP contribution in [0.25, 0.3) is 0 Å². The molecule has 1 fully saturated rings. The van der Waals surface area contributed by atoms with Crippen LogP contribution in [-0.2, 0) is 16.6 Å². The molecule has 0 amide bonds. The average Bonchev–Trinajstić information content (AvgIpc) is 3.23. The van der Waals surface area contributed by atoms with Gasteiger partial charge in [0.05, 0.1) is 9.92 Å². The summed E-state index contributed by atoms with van der Waals surface area (Å²) in [5.41, 5.74) is 0.452. The highest BCUT2D eigenvalue weighted by Crippen LogP contribution is 2.32. The van der Waals surface area contributed by atoms with Gasteiger partial charge in [0, 0.05) is 25.7 Å². The van der Waals surface area contributed by atoms with Crippen molar-refractivity contribution in [1.82, 2.24) is 9.62 Å². The summed E-state index contributed by atoms with van der Waals surface area (Å²) in [5, 5.41) is 3.08. The molecule has 1 aliphatic carbocycles. The van der Waals surface area contributed by atoms with Crippen molar-refractivity contribution in [2.45, 2.75) is 50.2 Å². The lowest BCUT2D eigenvalue weighted by molar-refractivity contribution is 0.463. The molecule has 0 unspecified atom stereocenters. The molecule has 0 saturated heterocycles. The van der Waals surface area contributed by atoms with E-state index in [-0.39, 0.29) is 22.0 Å². The van der Waals surface area contributed by atoms with Crippen molar-refractivity contribution >= 4 is 21.6 Å². The molecule has 0 aromatic heterocycles. The molecule has 1 aromatic rings. The van der Waals surface area contributed by atoms with E-state index in [1.54, 1.807) is 0 Å². The molecule has 118 valence electrons. The van der Waals surface area contributed by atoms with Crippen molar-refractivity contribution in [3.05, 3.63) is 28.5 Å². The van der Waals surface area contributed by atoms with Gasteiger partial charge in [-0.05, 0) is 30.5 Å². The van der Waals surface area contributed by atoms with Gasteiger partial charge in [-0.1, -0.05) is 25.4 Å². The summed E-state index contributed by atoms with van der Waals surface area (Å²) in [4.78, 5) is -0.0423. The van der Waals surface area contributed by atoms with Gasteiger partial charge in [0.15, 0.2) is 0 Å². The Hall–Kier alpha value is -0.690. The predicted octanol–water partition coefficient (Wildman–Crippen LogP) is 2.76. The van der Waals surface area contributed by atoms with Crippen LogP contribution in [0, 0.1) is 5.82 Å². The SMILES string of the molecule is CC(C)NCc1cc(S(=O)(=O)N(C)C2CC2)cc(F)c1Cl. The summed E-state index contributed by atoms with van der Waals surface area (Å²) in [6.45, 7) is 4.22. The van der Waals surface area contributed by atoms with Crippen molar-refractivity contribution in [1.29, 1.82) is 0 Å². The molecule has 1 aromatic carbocycles. The number of hydrogen-bond acceptors (Lipinski definition) is 3. The third-order valence-electron chi connectivity index (χ3n) is 3.52. The summed E-state index contributed by atoms with van der Waals surface area (Å²) in [5.74, 6) is -0.706. The second kappa shape index (κ2) is 6.20. The number of hydrogen-bond donors (Lipinski definition) is 1. The van der Waals surface area contributed by atoms with E-state index in [4.69, 9.17) is 11.6 Å². The zero-order valence-corrected chi connectivity index (χ0v) is 13.9. The molecule has 0 aliphatic heterocycles. The fourth-order valence-corrected chi connectivity index (χ4v) is 3.67. The van der Waals surface area contributed by atoms with Crippen molar-refractivity contribution < 1.29 is 12.8 Å². The summed E-state index contributed by atoms with van der Waals surface area (Å²) in [7, 11) is -2.14. The second-order valence-electron chi connectivity index (χ2n) is 5.67. The Morgan fingerprint density at radius 1 is 1.43 bits per heavy atom. The number of halogens is 2. The Morgan fingerprint density at radius 3 is 2.57 bits per heavy atom. The highest BCUT2D eigenvalue weighted by atomic mass is 35.5. The van der Waals surface area contributed by atoms with Gasteiger partial charge in [0.25, 0.3) is 0 Å². The summed E-state index contributed by atoms with van der Waals surface area (Å²) < 4.78 is 40.2. The Kier molecular flexibility index (Phi) is 4.92. The molecule has 0 radical (unpaired) electrons. The monoisotopic (exact) mass is 334 g/mol. The maximum Gasteiger partial charge on any atom is 0.243 e. The molecule has 0 heterocycles. The predicted molar refractivity (Wildman–Crippen MR) is 81.4 cm³/mol. The van der Waals surface area contributed by atoms with Crippen LogP contribution in [0.2, 0.25) is 5.02 Å². The van der Waals surface area contributed by atoms with E-state index in [0.717, 1.165) is 18.9 Å². The first-order valence-corrected chi connectivity index (χ1v) is 8.74. The standard InChI is InChI=1S/C14H20ClFN2O2S/c1-9(2)17-8-10-6-12(7-13(16)14(10)15)21(19,20)18(3)11-4-5-11/h6-7,9,11,17H,4-5,8H2,1-3H3. The van der Waals surface area contributed by atoms with E-state index >= 15 is 0 Å². The molecule has 1 aliphatic rings. The lowest BCUT2D eigenvalue weighted by Crippen LogP contribution is -2.29. The zero-order chi connectivity index (χ0) is 15.8. The maximum atomic E-state index is 13.9. The van der Waals surface area contributed by atoms with Gasteiger partial charge in [0.2, 0.25) is 10.0 Å². The number of rotatable bonds is 6. The van der Waals surface area contributed by atoms with Crippen molar-refractivity contribution in [2.24, 2.45) is 0 Å². The van der Waals surface area contributed by atoms with Crippen LogP contribution in [0.5, 0.6) is 0 Å². The highest BCUT2D eigenvalue weighted by Gasteiger charge is 2.35. The fraction of sp³-hybridized carbons (Fsp3) is 0.571. The van der Waals surface area contributed by atoms with Crippen LogP contribution in [0.15, 0.2) is 17.0 Å². The second-order valence-corrected chi connectivity index (χ2v) is 8.04. The summed E-state index contributed by atoms with van der Waals surface area (Å²) >= 11 is 5.93. The molecule has 21 heavy (non-hydrogen) atoms. The van der Waals surface area contributed by atoms with Gasteiger partial charge in [-0.2, -0.15) is 4.31 Å². The number of sulfonamides is 1. The maximum absolute atomic E-state index is 13.9. The van der Waals surface area contributed by atoms with Crippen LogP contribution in [0.1, 0.15) is 32.3 Å². The minimum absolute atomic E-state index is 0.0313. The van der Waals surface area contributed by atoms with Gasteiger partial charge < -0.3 is 5.32 Å². The van der Waals surface area contributed by atoms with Crippen LogP contribution in [-0.4, -0.2) is 31.9 Å². The summed E-state index contributed by atoms with van der Waals surface area (Å²) in [6, 6.07) is 2.68. The van der Waals surface area contributed by atoms with Crippen molar-refractivity contribution in [3.63, 3.8) is 0 Å². The minimum atomic E-state index is -3.67. The Bertz CT molecular complexity index is 630. The quantitative estimate of drug-likeness (QED) is 0.870. The Balaban J connectivity index is 2.35. The molecule has 1 saturated carbocycles. The number of nitrogens with one attached hydrogen (secondary N) is 1. The smallest absolute Gasteiger partial charge is 0.243 e. The van der Waals surface area contributed by atoms with E-state index in [9.17, 15) is 12.8 Å². The first kappa shape index (κ1) is 16.7. The van der Waals surface area contributed by atoms with Crippen LogP contribution in [0.4, 0.5) is 4.39 Å². The third kappa shape index (κ3) is 3.74. The van der Waals surface area contributed by atoms with Crippen molar-refractivity contribution in [3.8, 4) is 0 Å². The average molecular weight is 335 g/mol. The minimum Gasteiger partial charge on any atom is -0.310 e. The topological polar surface area (TPSA) is 49.4 Å². The molecule has 7 heteroatoms. The van der Waals surface area contributed by atoms with Gasteiger partial charge in [-0.15, -0.1) is 0 Å². The lowest BCUT2D eigenvalue weighted by atomic mass is 10.2. The van der Waals surface area contributed by atoms with Gasteiger partial charge in [-0.25, -0.2) is 12.8 Å². The Labute approximate surface area is 130 Å². The van der Waals surface area contributed by atoms with E-state index in [2.05, 4.69) is 5.32 Å². The molecular formula is C14H20ClFN2O2S. The first-order chi connectivity index (χ1) is 9.73. The van der Waals surface area contributed by atoms with Crippen LogP contribution < -0.4 is 5.32 Å². The first-order valence-electron chi connectivity index (χ1n) is 6.93. The molecule has 0 bridgehead atoms. The molecule has 1 N–H and O–H groups in total. The molecule has 2 rings (SSSR count). The van der Waals surface area contributed by atoms with Crippen LogP contribution >= 0.6 is 11.6 Å². The van der Waals surface area contributed by atoms with Crippen LogP contribution in [0.3, 0.4) is 0 Å². The molecule has 0 atom stereocenters. The van der Waals surface area contributed by atoms with E-state index in [1.807, 2.05) is 13.8 Å². The van der Waals surface area contributed by atoms with Gasteiger partial charge in [-0.3, -0.25) is 0 Å². The highest BCUT2D eigenvalue weighted by molar-refractivity contribution is 7.89. The lowest BCUT2D eigenvalue weighted by Gasteiger charge is -2.18. The largest absolute Gasteiger partial charge is 0.310 e. The molecule has 4 nitrogen and oxygen atoms in total. The summed E-state index contributed by atoms with van der Waals surface area (Å²) in [6.07, 6.45) is 1.71. The molecule has 0 spiro atoms. The van der Waals surface area contributed by atoms with Gasteiger partial charge >= 0.3 is 0 Å². The van der Waals surface area contributed by atoms with Crippen molar-refractivity contribution in [2.75, 3.05) is 7.05 Å². The van der Waals surface area contributed by atoms with Gasteiger partial charge in [0.1, 0.15) is 5.82 Å². The zero-order valence-electron chi connectivity index (χ0n) is 12.4.